The Morgan fingerprint density at radius 2 is 2.27 bits per heavy atom. The molecule has 3 aromatic heterocycles. The molecule has 3 heterocycles. The van der Waals surface area contributed by atoms with Gasteiger partial charge in [-0.05, 0) is 6.92 Å². The number of carbonyl (C=O) groups is 1. The summed E-state index contributed by atoms with van der Waals surface area (Å²) in [5.74, 6) is -0.401. The van der Waals surface area contributed by atoms with E-state index in [1.807, 2.05) is 12.4 Å². The second-order valence-electron chi connectivity index (χ2n) is 4.55. The van der Waals surface area contributed by atoms with E-state index in [0.717, 1.165) is 10.4 Å². The number of nitrogens with one attached hydrogen (secondary N) is 1. The molecule has 0 unspecified atom stereocenters. The molecule has 0 bridgehead atoms. The molecule has 0 atom stereocenters. The number of aromatic nitrogens is 4. The van der Waals surface area contributed by atoms with Crippen molar-refractivity contribution in [2.45, 2.75) is 13.5 Å². The van der Waals surface area contributed by atoms with Gasteiger partial charge in [0.15, 0.2) is 5.65 Å². The Hall–Kier alpha value is -2.48. The highest BCUT2D eigenvalue weighted by atomic mass is 32.1. The van der Waals surface area contributed by atoms with E-state index in [4.69, 9.17) is 4.74 Å². The Morgan fingerprint density at radius 1 is 1.41 bits per heavy atom. The monoisotopic (exact) mass is 317 g/mol. The summed E-state index contributed by atoms with van der Waals surface area (Å²) < 4.78 is 6.77. The minimum absolute atomic E-state index is 0.315. The topological polar surface area (TPSA) is 81.9 Å². The van der Waals surface area contributed by atoms with Gasteiger partial charge in [0.1, 0.15) is 10.6 Å². The van der Waals surface area contributed by atoms with Gasteiger partial charge in [0.25, 0.3) is 0 Å². The predicted molar refractivity (Wildman–Crippen MR) is 83.9 cm³/mol. The minimum atomic E-state index is -0.401. The van der Waals surface area contributed by atoms with Crippen molar-refractivity contribution < 1.29 is 9.53 Å². The van der Waals surface area contributed by atoms with Crippen LogP contribution < -0.4 is 5.32 Å². The molecule has 22 heavy (non-hydrogen) atoms. The molecule has 0 aliphatic rings. The fourth-order valence-electron chi connectivity index (χ4n) is 2.15. The standard InChI is InChI=1S/C14H15N5O2S/c1-3-21-14(20)10-6-17-13-9(7-18-19(13)2)12(10)16-8-11-15-4-5-22-11/h4-7H,3,8H2,1-2H3,(H,16,17). The van der Waals surface area contributed by atoms with Crippen molar-refractivity contribution in [1.29, 1.82) is 0 Å². The lowest BCUT2D eigenvalue weighted by Crippen LogP contribution is -2.11. The molecule has 3 aromatic rings. The van der Waals surface area contributed by atoms with Crippen molar-refractivity contribution in [2.24, 2.45) is 7.05 Å². The molecule has 114 valence electrons. The zero-order valence-electron chi connectivity index (χ0n) is 12.2. The Kier molecular flexibility index (Phi) is 4.01. The lowest BCUT2D eigenvalue weighted by molar-refractivity contribution is 0.0527. The number of pyridine rings is 1. The molecule has 0 spiro atoms. The molecule has 0 saturated heterocycles. The zero-order valence-corrected chi connectivity index (χ0v) is 13.1. The Labute approximate surface area is 131 Å². The van der Waals surface area contributed by atoms with Gasteiger partial charge in [0.2, 0.25) is 0 Å². The summed E-state index contributed by atoms with van der Waals surface area (Å²) in [4.78, 5) is 20.7. The number of ether oxygens (including phenoxy) is 1. The molecule has 0 aliphatic heterocycles. The molecule has 3 rings (SSSR count). The van der Waals surface area contributed by atoms with Gasteiger partial charge >= 0.3 is 5.97 Å². The van der Waals surface area contributed by atoms with E-state index in [1.54, 1.807) is 35.3 Å². The van der Waals surface area contributed by atoms with Crippen molar-refractivity contribution >= 4 is 34.0 Å². The fraction of sp³-hybridized carbons (Fsp3) is 0.286. The van der Waals surface area contributed by atoms with E-state index in [1.165, 1.54) is 6.20 Å². The van der Waals surface area contributed by atoms with Crippen LogP contribution in [0.5, 0.6) is 0 Å². The first-order valence-electron chi connectivity index (χ1n) is 6.80. The van der Waals surface area contributed by atoms with E-state index in [0.29, 0.717) is 30.0 Å². The molecule has 0 radical (unpaired) electrons. The molecule has 0 saturated carbocycles. The van der Waals surface area contributed by atoms with Gasteiger partial charge in [0, 0.05) is 24.8 Å². The molecule has 0 amide bonds. The van der Waals surface area contributed by atoms with Crippen LogP contribution in [-0.4, -0.2) is 32.3 Å². The lowest BCUT2D eigenvalue weighted by Gasteiger charge is -2.11. The van der Waals surface area contributed by atoms with Crippen LogP contribution in [0.1, 0.15) is 22.3 Å². The van der Waals surface area contributed by atoms with Gasteiger partial charge in [-0.3, -0.25) is 4.68 Å². The third-order valence-corrected chi connectivity index (χ3v) is 3.94. The van der Waals surface area contributed by atoms with Gasteiger partial charge in [0.05, 0.1) is 30.4 Å². The Bertz CT molecular complexity index is 797. The number of aryl methyl sites for hydroxylation is 1. The minimum Gasteiger partial charge on any atom is -0.462 e. The summed E-state index contributed by atoms with van der Waals surface area (Å²) >= 11 is 1.55. The fourth-order valence-corrected chi connectivity index (χ4v) is 2.71. The van der Waals surface area contributed by atoms with Crippen LogP contribution in [0.15, 0.2) is 24.0 Å². The summed E-state index contributed by atoms with van der Waals surface area (Å²) in [5, 5.41) is 11.1. The molecule has 8 heteroatoms. The van der Waals surface area contributed by atoms with E-state index < -0.39 is 5.97 Å². The molecule has 0 fully saturated rings. The zero-order chi connectivity index (χ0) is 15.5. The number of fused-ring (bicyclic) bond motifs is 1. The smallest absolute Gasteiger partial charge is 0.341 e. The maximum absolute atomic E-state index is 12.1. The van der Waals surface area contributed by atoms with E-state index in [2.05, 4.69) is 20.4 Å². The van der Waals surface area contributed by atoms with Crippen LogP contribution in [0, 0.1) is 0 Å². The maximum Gasteiger partial charge on any atom is 0.341 e. The van der Waals surface area contributed by atoms with Gasteiger partial charge in [-0.1, -0.05) is 0 Å². The first-order chi connectivity index (χ1) is 10.7. The summed E-state index contributed by atoms with van der Waals surface area (Å²) in [6.45, 7) is 2.62. The van der Waals surface area contributed by atoms with Crippen LogP contribution >= 0.6 is 11.3 Å². The number of nitrogens with zero attached hydrogens (tertiary/aromatic N) is 4. The van der Waals surface area contributed by atoms with E-state index in [9.17, 15) is 4.79 Å². The average molecular weight is 317 g/mol. The average Bonchev–Trinajstić information content (AvgIpc) is 3.15. The third-order valence-electron chi connectivity index (χ3n) is 3.16. The third kappa shape index (κ3) is 2.64. The van der Waals surface area contributed by atoms with E-state index in [-0.39, 0.29) is 0 Å². The van der Waals surface area contributed by atoms with Gasteiger partial charge in [-0.25, -0.2) is 14.8 Å². The van der Waals surface area contributed by atoms with Gasteiger partial charge in [-0.2, -0.15) is 5.10 Å². The second kappa shape index (κ2) is 6.10. The maximum atomic E-state index is 12.1. The van der Waals surface area contributed by atoms with Gasteiger partial charge in [-0.15, -0.1) is 11.3 Å². The first kappa shape index (κ1) is 14.5. The van der Waals surface area contributed by atoms with Crippen molar-refractivity contribution in [1.82, 2.24) is 19.7 Å². The number of thiazole rings is 1. The Morgan fingerprint density at radius 3 is 3.00 bits per heavy atom. The van der Waals surface area contributed by atoms with Gasteiger partial charge < -0.3 is 10.1 Å². The highest BCUT2D eigenvalue weighted by Crippen LogP contribution is 2.27. The molecule has 7 nitrogen and oxygen atoms in total. The summed E-state index contributed by atoms with van der Waals surface area (Å²) in [7, 11) is 1.81. The number of anilines is 1. The molecule has 1 N–H and O–H groups in total. The quantitative estimate of drug-likeness (QED) is 0.727. The highest BCUT2D eigenvalue weighted by molar-refractivity contribution is 7.09. The van der Waals surface area contributed by atoms with Crippen LogP contribution in [-0.2, 0) is 18.3 Å². The highest BCUT2D eigenvalue weighted by Gasteiger charge is 2.18. The molecular weight excluding hydrogens is 302 g/mol. The molecule has 0 aliphatic carbocycles. The number of hydrogen-bond acceptors (Lipinski definition) is 7. The molecular formula is C14H15N5O2S. The summed E-state index contributed by atoms with van der Waals surface area (Å²) in [5.41, 5.74) is 1.78. The number of esters is 1. The van der Waals surface area contributed by atoms with Crippen molar-refractivity contribution in [3.63, 3.8) is 0 Å². The van der Waals surface area contributed by atoms with Crippen LogP contribution in [0.25, 0.3) is 11.0 Å². The number of carbonyl (C=O) groups excluding carboxylic acids is 1. The normalized spacial score (nSPS) is 10.8. The first-order valence-corrected chi connectivity index (χ1v) is 7.68. The summed E-state index contributed by atoms with van der Waals surface area (Å²) in [6, 6.07) is 0. The van der Waals surface area contributed by atoms with E-state index >= 15 is 0 Å². The number of rotatable bonds is 5. The largest absolute Gasteiger partial charge is 0.462 e. The summed E-state index contributed by atoms with van der Waals surface area (Å²) in [6.07, 6.45) is 4.96. The van der Waals surface area contributed by atoms with Crippen molar-refractivity contribution in [3.8, 4) is 0 Å². The Balaban J connectivity index is 2.01. The van der Waals surface area contributed by atoms with Crippen molar-refractivity contribution in [3.05, 3.63) is 34.5 Å². The van der Waals surface area contributed by atoms with Crippen LogP contribution in [0.4, 0.5) is 5.69 Å². The lowest BCUT2D eigenvalue weighted by atomic mass is 10.2. The molecule has 0 aromatic carbocycles. The van der Waals surface area contributed by atoms with Crippen LogP contribution in [0.3, 0.4) is 0 Å². The van der Waals surface area contributed by atoms with Crippen molar-refractivity contribution in [2.75, 3.05) is 11.9 Å². The number of hydrogen-bond donors (Lipinski definition) is 1. The SMILES string of the molecule is CCOC(=O)c1cnc2c(cnn2C)c1NCc1nccs1. The second-order valence-corrected chi connectivity index (χ2v) is 5.53. The van der Waals surface area contributed by atoms with Crippen LogP contribution in [0.2, 0.25) is 0 Å². The predicted octanol–water partition coefficient (Wildman–Crippen LogP) is 2.21.